The second-order valence-corrected chi connectivity index (χ2v) is 10.7. The van der Waals surface area contributed by atoms with Gasteiger partial charge in [-0.1, -0.05) is 140 Å². The van der Waals surface area contributed by atoms with Gasteiger partial charge in [0.05, 0.1) is 16.9 Å². The van der Waals surface area contributed by atoms with Crippen LogP contribution in [-0.2, 0) is 0 Å². The molecule has 3 aromatic heterocycles. The Labute approximate surface area is 250 Å². The van der Waals surface area contributed by atoms with Gasteiger partial charge in [-0.2, -0.15) is 5.10 Å². The van der Waals surface area contributed by atoms with E-state index in [-0.39, 0.29) is 0 Å². The van der Waals surface area contributed by atoms with Crippen molar-refractivity contribution in [2.75, 3.05) is 0 Å². The molecule has 0 radical (unpaired) electrons. The van der Waals surface area contributed by atoms with Crippen LogP contribution in [0.25, 0.3) is 72.3 Å². The Hall–Kier alpha value is -5.80. The summed E-state index contributed by atoms with van der Waals surface area (Å²) in [5.74, 6) is 0. The molecule has 0 bridgehead atoms. The van der Waals surface area contributed by atoms with Crippen LogP contribution in [0, 0.1) is 0 Å². The highest BCUT2D eigenvalue weighted by molar-refractivity contribution is 6.08. The highest BCUT2D eigenvalue weighted by Gasteiger charge is 2.22. The van der Waals surface area contributed by atoms with E-state index in [1.165, 1.54) is 22.3 Å². The van der Waals surface area contributed by atoms with Gasteiger partial charge in [-0.3, -0.25) is 4.98 Å². The van der Waals surface area contributed by atoms with Gasteiger partial charge in [-0.15, -0.1) is 0 Å². The fourth-order valence-electron chi connectivity index (χ4n) is 5.97. The van der Waals surface area contributed by atoms with Crippen LogP contribution >= 0.6 is 0 Å². The molecule has 0 aliphatic heterocycles. The van der Waals surface area contributed by atoms with Gasteiger partial charge >= 0.3 is 0 Å². The molecule has 8 aromatic rings. The summed E-state index contributed by atoms with van der Waals surface area (Å²) in [6.45, 7) is 0. The number of aromatic nitrogens is 3. The van der Waals surface area contributed by atoms with Gasteiger partial charge in [0.15, 0.2) is 0 Å². The first-order valence-corrected chi connectivity index (χ1v) is 14.5. The molecule has 0 fully saturated rings. The zero-order valence-corrected chi connectivity index (χ0v) is 23.4. The molecule has 0 saturated heterocycles. The van der Waals surface area contributed by atoms with Crippen LogP contribution in [0.4, 0.5) is 0 Å². The molecule has 3 heteroatoms. The van der Waals surface area contributed by atoms with Gasteiger partial charge in [-0.25, -0.2) is 4.52 Å². The van der Waals surface area contributed by atoms with E-state index in [2.05, 4.69) is 138 Å². The van der Waals surface area contributed by atoms with Gasteiger partial charge in [0.25, 0.3) is 0 Å². The first-order chi connectivity index (χ1) is 21.3. The predicted molar refractivity (Wildman–Crippen MR) is 178 cm³/mol. The Balaban J connectivity index is 1.40. The first kappa shape index (κ1) is 25.0. The Kier molecular flexibility index (Phi) is 6.12. The van der Waals surface area contributed by atoms with Crippen LogP contribution in [0.1, 0.15) is 0 Å². The quantitative estimate of drug-likeness (QED) is 0.214. The van der Waals surface area contributed by atoms with E-state index in [1.807, 2.05) is 30.5 Å². The van der Waals surface area contributed by atoms with Crippen LogP contribution in [0.3, 0.4) is 0 Å². The van der Waals surface area contributed by atoms with Crippen molar-refractivity contribution in [2.45, 2.75) is 0 Å². The van der Waals surface area contributed by atoms with Crippen molar-refractivity contribution in [3.8, 4) is 56.0 Å². The van der Waals surface area contributed by atoms with E-state index in [9.17, 15) is 0 Å². The van der Waals surface area contributed by atoms with E-state index in [4.69, 9.17) is 10.1 Å². The van der Waals surface area contributed by atoms with E-state index in [0.29, 0.717) is 0 Å². The predicted octanol–water partition coefficient (Wildman–Crippen LogP) is 10.2. The summed E-state index contributed by atoms with van der Waals surface area (Å²) in [6.07, 6.45) is 1.84. The summed E-state index contributed by atoms with van der Waals surface area (Å²) in [4.78, 5) is 4.72. The normalized spacial score (nSPS) is 11.3. The zero-order chi connectivity index (χ0) is 28.6. The number of hydrogen-bond acceptors (Lipinski definition) is 2. The van der Waals surface area contributed by atoms with Crippen molar-refractivity contribution in [2.24, 2.45) is 0 Å². The smallest absolute Gasteiger partial charge is 0.101 e. The molecule has 202 valence electrons. The van der Waals surface area contributed by atoms with Crippen molar-refractivity contribution in [3.05, 3.63) is 164 Å². The molecule has 8 rings (SSSR count). The summed E-state index contributed by atoms with van der Waals surface area (Å²) < 4.78 is 2.09. The molecule has 5 aromatic carbocycles. The number of rotatable bonds is 5. The summed E-state index contributed by atoms with van der Waals surface area (Å²) in [7, 11) is 0. The summed E-state index contributed by atoms with van der Waals surface area (Å²) in [6, 6.07) is 55.4. The third-order valence-corrected chi connectivity index (χ3v) is 8.10. The third-order valence-electron chi connectivity index (χ3n) is 8.10. The molecule has 0 amide bonds. The number of pyridine rings is 2. The van der Waals surface area contributed by atoms with Gasteiger partial charge in [-0.05, 0) is 51.4 Å². The van der Waals surface area contributed by atoms with Crippen LogP contribution < -0.4 is 0 Å². The monoisotopic (exact) mass is 549 g/mol. The molecule has 0 atom stereocenters. The third kappa shape index (κ3) is 4.48. The Morgan fingerprint density at radius 2 is 0.977 bits per heavy atom. The van der Waals surface area contributed by atoms with Crippen molar-refractivity contribution in [1.82, 2.24) is 14.6 Å². The lowest BCUT2D eigenvalue weighted by Crippen LogP contribution is -1.97. The molecule has 0 aliphatic rings. The summed E-state index contributed by atoms with van der Waals surface area (Å²) in [5, 5.41) is 7.66. The minimum Gasteiger partial charge on any atom is -0.255 e. The first-order valence-electron chi connectivity index (χ1n) is 14.5. The van der Waals surface area contributed by atoms with Gasteiger partial charge in [0.1, 0.15) is 5.69 Å². The molecule has 0 N–H and O–H groups in total. The summed E-state index contributed by atoms with van der Waals surface area (Å²) >= 11 is 0. The fourth-order valence-corrected chi connectivity index (χ4v) is 5.97. The van der Waals surface area contributed by atoms with E-state index in [1.54, 1.807) is 0 Å². The number of benzene rings is 5. The molecule has 0 spiro atoms. The second kappa shape index (κ2) is 10.6. The van der Waals surface area contributed by atoms with E-state index < -0.39 is 0 Å². The van der Waals surface area contributed by atoms with Crippen molar-refractivity contribution >= 4 is 16.3 Å². The van der Waals surface area contributed by atoms with Crippen LogP contribution in [0.2, 0.25) is 0 Å². The minimum absolute atomic E-state index is 0.887. The Morgan fingerprint density at radius 1 is 0.442 bits per heavy atom. The topological polar surface area (TPSA) is 30.2 Å². The molecule has 3 nitrogen and oxygen atoms in total. The standard InChI is InChI=1S/C40H27N3/c1-3-11-28(12-4-1)30-18-22-32(23-19-30)38-39(33-24-20-31(21-25-33)29-13-5-2-6-14-29)42-43-37(36-17-9-10-26-41-36)27-34-15-7-8-16-35(34)40(38)43/h1-27H. The van der Waals surface area contributed by atoms with Gasteiger partial charge in [0, 0.05) is 22.7 Å². The van der Waals surface area contributed by atoms with Crippen molar-refractivity contribution in [3.63, 3.8) is 0 Å². The molecular weight excluding hydrogens is 522 g/mol. The lowest BCUT2D eigenvalue weighted by Gasteiger charge is -2.10. The molecule has 3 heterocycles. The fraction of sp³-hybridized carbons (Fsp3) is 0. The zero-order valence-electron chi connectivity index (χ0n) is 23.4. The van der Waals surface area contributed by atoms with Gasteiger partial charge < -0.3 is 0 Å². The van der Waals surface area contributed by atoms with Crippen molar-refractivity contribution < 1.29 is 0 Å². The van der Waals surface area contributed by atoms with E-state index in [0.717, 1.165) is 50.1 Å². The molecular formula is C40H27N3. The van der Waals surface area contributed by atoms with Crippen LogP contribution in [0.5, 0.6) is 0 Å². The highest BCUT2D eigenvalue weighted by Crippen LogP contribution is 2.41. The molecule has 0 aliphatic carbocycles. The maximum Gasteiger partial charge on any atom is 0.101 e. The van der Waals surface area contributed by atoms with Gasteiger partial charge in [0.2, 0.25) is 0 Å². The maximum atomic E-state index is 5.35. The Morgan fingerprint density at radius 3 is 1.60 bits per heavy atom. The average Bonchev–Trinajstić information content (AvgIpc) is 3.50. The average molecular weight is 550 g/mol. The lowest BCUT2D eigenvalue weighted by atomic mass is 9.94. The minimum atomic E-state index is 0.887. The molecule has 0 unspecified atom stereocenters. The second-order valence-electron chi connectivity index (χ2n) is 10.7. The highest BCUT2D eigenvalue weighted by atomic mass is 15.2. The largest absolute Gasteiger partial charge is 0.255 e. The lowest BCUT2D eigenvalue weighted by molar-refractivity contribution is 0.972. The van der Waals surface area contributed by atoms with Crippen LogP contribution in [0.15, 0.2) is 164 Å². The Bertz CT molecular complexity index is 2180. The molecule has 0 saturated carbocycles. The summed E-state index contributed by atoms with van der Waals surface area (Å²) in [5.41, 5.74) is 11.9. The SMILES string of the molecule is c1ccc(-c2ccc(-c3nn4c(-c5ccccn5)cc5ccccc5c4c3-c3ccc(-c4ccccc4)cc3)cc2)cc1. The van der Waals surface area contributed by atoms with Crippen molar-refractivity contribution in [1.29, 1.82) is 0 Å². The van der Waals surface area contributed by atoms with E-state index >= 15 is 0 Å². The van der Waals surface area contributed by atoms with Crippen LogP contribution in [-0.4, -0.2) is 14.6 Å². The maximum absolute atomic E-state index is 5.35. The number of fused-ring (bicyclic) bond motifs is 3. The number of hydrogen-bond donors (Lipinski definition) is 0. The molecule has 43 heavy (non-hydrogen) atoms. The number of nitrogens with zero attached hydrogens (tertiary/aromatic N) is 3.